The number of carbonyl (C=O) groups is 3. The molecule has 0 heterocycles. The Labute approximate surface area is 138 Å². The Hall–Kier alpha value is -2.97. The molecule has 0 aliphatic rings. The van der Waals surface area contributed by atoms with Crippen LogP contribution in [0.4, 0.5) is 11.4 Å². The molecule has 1 aromatic rings. The summed E-state index contributed by atoms with van der Waals surface area (Å²) in [6, 6.07) is 2.89. The number of carbonyl (C=O) groups excluding carboxylic acids is 3. The van der Waals surface area contributed by atoms with Gasteiger partial charge >= 0.3 is 5.97 Å². The van der Waals surface area contributed by atoms with E-state index in [1.165, 1.54) is 13.0 Å². The molecule has 0 saturated heterocycles. The molecule has 0 saturated carbocycles. The van der Waals surface area contributed by atoms with Crippen LogP contribution in [0.3, 0.4) is 0 Å². The second-order valence-electron chi connectivity index (χ2n) is 5.10. The van der Waals surface area contributed by atoms with E-state index in [-0.39, 0.29) is 30.2 Å². The highest BCUT2D eigenvalue weighted by atomic mass is 16.6. The second kappa shape index (κ2) is 8.61. The summed E-state index contributed by atoms with van der Waals surface area (Å²) in [7, 11) is 0. The number of anilines is 1. The molecule has 1 aromatic carbocycles. The molecule has 0 aliphatic heterocycles. The monoisotopic (exact) mass is 337 g/mol. The molecule has 0 aromatic heterocycles. The molecule has 2 N–H and O–H groups in total. The fraction of sp³-hybridized carbons (Fsp3) is 0.400. The van der Waals surface area contributed by atoms with Crippen molar-refractivity contribution in [1.29, 1.82) is 0 Å². The number of nitro groups is 1. The fourth-order valence-corrected chi connectivity index (χ4v) is 1.85. The molecular weight excluding hydrogens is 318 g/mol. The summed E-state index contributed by atoms with van der Waals surface area (Å²) in [5.41, 5.74) is 1.19. The van der Waals surface area contributed by atoms with Gasteiger partial charge in [0.25, 0.3) is 11.6 Å². The van der Waals surface area contributed by atoms with Crippen molar-refractivity contribution in [2.75, 3.05) is 18.5 Å². The number of ether oxygens (including phenoxy) is 1. The predicted molar refractivity (Wildman–Crippen MR) is 85.5 cm³/mol. The van der Waals surface area contributed by atoms with Gasteiger partial charge in [-0.3, -0.25) is 24.5 Å². The smallest absolute Gasteiger partial charge is 0.308 e. The molecule has 24 heavy (non-hydrogen) atoms. The van der Waals surface area contributed by atoms with E-state index in [9.17, 15) is 24.5 Å². The summed E-state index contributed by atoms with van der Waals surface area (Å²) in [5, 5.41) is 15.9. The van der Waals surface area contributed by atoms with Crippen LogP contribution >= 0.6 is 0 Å². The van der Waals surface area contributed by atoms with E-state index in [0.29, 0.717) is 5.56 Å². The van der Waals surface area contributed by atoms with Gasteiger partial charge in [-0.05, 0) is 25.0 Å². The lowest BCUT2D eigenvalue weighted by Crippen LogP contribution is -2.26. The standard InChI is InChI=1S/C15H19N3O6/c1-9-4-5-12(18(22)23)15(10(9)2)17-13(20)8-24-14(21)6-7-16-11(3)19/h4-5H,6-8H2,1-3H3,(H,16,19)(H,17,20). The fourth-order valence-electron chi connectivity index (χ4n) is 1.85. The normalized spacial score (nSPS) is 9.96. The molecule has 0 atom stereocenters. The molecule has 0 unspecified atom stereocenters. The number of hydrogen-bond donors (Lipinski definition) is 2. The number of rotatable bonds is 7. The van der Waals surface area contributed by atoms with Crippen molar-refractivity contribution < 1.29 is 24.0 Å². The van der Waals surface area contributed by atoms with Crippen molar-refractivity contribution in [2.24, 2.45) is 0 Å². The van der Waals surface area contributed by atoms with Gasteiger partial charge in [0.05, 0.1) is 11.3 Å². The maximum Gasteiger partial charge on any atom is 0.308 e. The predicted octanol–water partition coefficient (Wildman–Crippen LogP) is 1.22. The van der Waals surface area contributed by atoms with Crippen LogP contribution in [-0.4, -0.2) is 35.9 Å². The zero-order valence-electron chi connectivity index (χ0n) is 13.7. The van der Waals surface area contributed by atoms with Crippen molar-refractivity contribution in [1.82, 2.24) is 5.32 Å². The van der Waals surface area contributed by atoms with E-state index in [2.05, 4.69) is 10.6 Å². The molecule has 0 fully saturated rings. The van der Waals surface area contributed by atoms with Gasteiger partial charge in [0.2, 0.25) is 5.91 Å². The van der Waals surface area contributed by atoms with Crippen LogP contribution in [0, 0.1) is 24.0 Å². The average molecular weight is 337 g/mol. The Balaban J connectivity index is 2.63. The average Bonchev–Trinajstić information content (AvgIpc) is 2.49. The third kappa shape index (κ3) is 5.67. The maximum atomic E-state index is 11.9. The maximum absolute atomic E-state index is 11.9. The van der Waals surface area contributed by atoms with Crippen molar-refractivity contribution >= 4 is 29.2 Å². The largest absolute Gasteiger partial charge is 0.456 e. The molecule has 1 rings (SSSR count). The van der Waals surface area contributed by atoms with E-state index in [1.54, 1.807) is 19.9 Å². The van der Waals surface area contributed by atoms with Crippen molar-refractivity contribution in [2.45, 2.75) is 27.2 Å². The van der Waals surface area contributed by atoms with Crippen LogP contribution < -0.4 is 10.6 Å². The Morgan fingerprint density at radius 3 is 2.50 bits per heavy atom. The van der Waals surface area contributed by atoms with Crippen LogP contribution in [0.25, 0.3) is 0 Å². The third-order valence-electron chi connectivity index (χ3n) is 3.24. The Morgan fingerprint density at radius 1 is 1.25 bits per heavy atom. The molecule has 0 spiro atoms. The molecule has 130 valence electrons. The number of hydrogen-bond acceptors (Lipinski definition) is 6. The van der Waals surface area contributed by atoms with Gasteiger partial charge in [-0.25, -0.2) is 0 Å². The lowest BCUT2D eigenvalue weighted by Gasteiger charge is -2.11. The first-order valence-corrected chi connectivity index (χ1v) is 7.17. The quantitative estimate of drug-likeness (QED) is 0.437. The Bertz CT molecular complexity index is 671. The first-order chi connectivity index (χ1) is 11.2. The van der Waals surface area contributed by atoms with E-state index in [0.717, 1.165) is 5.56 Å². The first kappa shape index (κ1) is 19.1. The number of nitro benzene ring substituents is 1. The van der Waals surface area contributed by atoms with Crippen molar-refractivity contribution in [3.63, 3.8) is 0 Å². The summed E-state index contributed by atoms with van der Waals surface area (Å²) in [5.74, 6) is -1.61. The minimum atomic E-state index is -0.681. The van der Waals surface area contributed by atoms with Gasteiger partial charge in [-0.2, -0.15) is 0 Å². The summed E-state index contributed by atoms with van der Waals surface area (Å²) in [6.07, 6.45) is -0.0729. The highest BCUT2D eigenvalue weighted by molar-refractivity contribution is 5.96. The Kier molecular flexibility index (Phi) is 6.84. The van der Waals surface area contributed by atoms with E-state index >= 15 is 0 Å². The van der Waals surface area contributed by atoms with E-state index in [4.69, 9.17) is 4.74 Å². The minimum Gasteiger partial charge on any atom is -0.456 e. The molecule has 9 heteroatoms. The van der Waals surface area contributed by atoms with Gasteiger partial charge in [0.15, 0.2) is 6.61 Å². The minimum absolute atomic E-state index is 0.0729. The van der Waals surface area contributed by atoms with Gasteiger partial charge in [0, 0.05) is 19.5 Å². The van der Waals surface area contributed by atoms with Crippen LogP contribution in [0.2, 0.25) is 0 Å². The number of nitrogens with zero attached hydrogens (tertiary/aromatic N) is 1. The van der Waals surface area contributed by atoms with Gasteiger partial charge in [-0.15, -0.1) is 0 Å². The highest BCUT2D eigenvalue weighted by Crippen LogP contribution is 2.30. The van der Waals surface area contributed by atoms with Crippen LogP contribution in [0.1, 0.15) is 24.5 Å². The number of nitrogens with one attached hydrogen (secondary N) is 2. The molecule has 0 radical (unpaired) electrons. The molecule has 2 amide bonds. The van der Waals surface area contributed by atoms with E-state index in [1.807, 2.05) is 0 Å². The summed E-state index contributed by atoms with van der Waals surface area (Å²) < 4.78 is 4.76. The van der Waals surface area contributed by atoms with Gasteiger partial charge < -0.3 is 15.4 Å². The lowest BCUT2D eigenvalue weighted by atomic mass is 10.1. The zero-order valence-corrected chi connectivity index (χ0v) is 13.7. The summed E-state index contributed by atoms with van der Waals surface area (Å²) in [6.45, 7) is 4.27. The lowest BCUT2D eigenvalue weighted by molar-refractivity contribution is -0.384. The second-order valence-corrected chi connectivity index (χ2v) is 5.10. The van der Waals surface area contributed by atoms with Gasteiger partial charge in [-0.1, -0.05) is 6.07 Å². The molecular formula is C15H19N3O6. The number of benzene rings is 1. The first-order valence-electron chi connectivity index (χ1n) is 7.17. The van der Waals surface area contributed by atoms with Crippen molar-refractivity contribution in [3.05, 3.63) is 33.4 Å². The molecule has 0 bridgehead atoms. The van der Waals surface area contributed by atoms with E-state index < -0.39 is 23.4 Å². The number of amides is 2. The van der Waals surface area contributed by atoms with Crippen molar-refractivity contribution in [3.8, 4) is 0 Å². The third-order valence-corrected chi connectivity index (χ3v) is 3.24. The van der Waals surface area contributed by atoms with Crippen LogP contribution in [-0.2, 0) is 19.1 Å². The topological polar surface area (TPSA) is 128 Å². The van der Waals surface area contributed by atoms with Crippen LogP contribution in [0.5, 0.6) is 0 Å². The summed E-state index contributed by atoms with van der Waals surface area (Å²) in [4.78, 5) is 44.4. The van der Waals surface area contributed by atoms with Crippen LogP contribution in [0.15, 0.2) is 12.1 Å². The summed E-state index contributed by atoms with van der Waals surface area (Å²) >= 11 is 0. The zero-order chi connectivity index (χ0) is 18.3. The number of esters is 1. The SMILES string of the molecule is CC(=O)NCCC(=O)OCC(=O)Nc1c([N+](=O)[O-])ccc(C)c1C. The highest BCUT2D eigenvalue weighted by Gasteiger charge is 2.19. The number of aryl methyl sites for hydroxylation is 1. The molecule has 9 nitrogen and oxygen atoms in total. The van der Waals surface area contributed by atoms with Gasteiger partial charge in [0.1, 0.15) is 5.69 Å². The molecule has 0 aliphatic carbocycles. The Morgan fingerprint density at radius 2 is 1.92 bits per heavy atom.